The van der Waals surface area contributed by atoms with Crippen LogP contribution in [-0.2, 0) is 9.59 Å². The van der Waals surface area contributed by atoms with Crippen LogP contribution in [0.5, 0.6) is 0 Å². The lowest BCUT2D eigenvalue weighted by atomic mass is 10.0. The smallest absolute Gasteiger partial charge is 0.309 e. The van der Waals surface area contributed by atoms with Crippen molar-refractivity contribution in [3.05, 3.63) is 30.1 Å². The molecule has 3 N–H and O–H groups in total. The van der Waals surface area contributed by atoms with Crippen molar-refractivity contribution >= 4 is 22.8 Å². The molecule has 2 heterocycles. The largest absolute Gasteiger partial charge is 0.345 e. The first-order chi connectivity index (χ1) is 8.24. The van der Waals surface area contributed by atoms with E-state index in [1.165, 1.54) is 0 Å². The number of carbonyl (C=O) groups excluding carboxylic acids is 2. The van der Waals surface area contributed by atoms with E-state index < -0.39 is 11.8 Å². The normalized spacial score (nSPS) is 20.1. The van der Waals surface area contributed by atoms with E-state index in [0.717, 1.165) is 16.6 Å². The first-order valence-corrected chi connectivity index (χ1v) is 5.26. The van der Waals surface area contributed by atoms with Gasteiger partial charge in [-0.3, -0.25) is 9.59 Å². The third kappa shape index (κ3) is 1.63. The van der Waals surface area contributed by atoms with Crippen LogP contribution in [0.2, 0.25) is 0 Å². The monoisotopic (exact) mass is 230 g/mol. The molecule has 1 aromatic carbocycles. The van der Waals surface area contributed by atoms with Crippen LogP contribution < -0.4 is 10.6 Å². The Bertz CT molecular complexity index is 604. The number of nitrogens with one attached hydrogen (secondary N) is 3. The summed E-state index contributed by atoms with van der Waals surface area (Å²) >= 11 is 0. The van der Waals surface area contributed by atoms with Gasteiger partial charge in [-0.2, -0.15) is 0 Å². The van der Waals surface area contributed by atoms with Crippen molar-refractivity contribution in [1.82, 2.24) is 20.6 Å². The van der Waals surface area contributed by atoms with Crippen molar-refractivity contribution in [3.8, 4) is 0 Å². The van der Waals surface area contributed by atoms with Crippen molar-refractivity contribution in [1.29, 1.82) is 0 Å². The van der Waals surface area contributed by atoms with Crippen molar-refractivity contribution in [3.63, 3.8) is 0 Å². The molecule has 1 aromatic heterocycles. The summed E-state index contributed by atoms with van der Waals surface area (Å²) in [5, 5.41) is 5.20. The van der Waals surface area contributed by atoms with Crippen molar-refractivity contribution in [2.24, 2.45) is 0 Å². The van der Waals surface area contributed by atoms with Gasteiger partial charge >= 0.3 is 11.8 Å². The predicted octanol–water partition coefficient (Wildman–Crippen LogP) is -0.150. The summed E-state index contributed by atoms with van der Waals surface area (Å²) in [4.78, 5) is 29.4. The maximum atomic E-state index is 11.2. The molecule has 1 aliphatic rings. The van der Waals surface area contributed by atoms with E-state index in [9.17, 15) is 9.59 Å². The Labute approximate surface area is 96.4 Å². The molecule has 2 aromatic rings. The van der Waals surface area contributed by atoms with Crippen LogP contribution in [0.15, 0.2) is 24.5 Å². The lowest BCUT2D eigenvalue weighted by Gasteiger charge is -2.23. The molecule has 0 aliphatic carbocycles. The summed E-state index contributed by atoms with van der Waals surface area (Å²) in [5.41, 5.74) is 2.73. The Morgan fingerprint density at radius 2 is 2.12 bits per heavy atom. The Hall–Kier alpha value is -2.37. The molecule has 1 unspecified atom stereocenters. The number of fused-ring (bicyclic) bond motifs is 1. The Morgan fingerprint density at radius 1 is 1.24 bits per heavy atom. The lowest BCUT2D eigenvalue weighted by molar-refractivity contribution is -0.141. The van der Waals surface area contributed by atoms with Gasteiger partial charge in [0.25, 0.3) is 0 Å². The van der Waals surface area contributed by atoms with E-state index in [2.05, 4.69) is 20.6 Å². The van der Waals surface area contributed by atoms with Crippen LogP contribution in [0.25, 0.3) is 11.0 Å². The minimum absolute atomic E-state index is 0.187. The number of nitrogens with zero attached hydrogens (tertiary/aromatic N) is 1. The second-order valence-corrected chi connectivity index (χ2v) is 3.92. The van der Waals surface area contributed by atoms with Gasteiger partial charge in [0, 0.05) is 6.54 Å². The maximum absolute atomic E-state index is 11.2. The average molecular weight is 230 g/mol. The number of H-pyrrole nitrogens is 1. The molecule has 0 saturated carbocycles. The molecule has 0 radical (unpaired) electrons. The van der Waals surface area contributed by atoms with Gasteiger partial charge in [-0.1, -0.05) is 6.07 Å². The van der Waals surface area contributed by atoms with E-state index in [0.29, 0.717) is 6.54 Å². The molecule has 6 heteroatoms. The minimum atomic E-state index is -0.592. The van der Waals surface area contributed by atoms with Crippen LogP contribution in [0.1, 0.15) is 11.6 Å². The van der Waals surface area contributed by atoms with Gasteiger partial charge in [-0.05, 0) is 17.7 Å². The molecule has 0 bridgehead atoms. The van der Waals surface area contributed by atoms with E-state index in [1.54, 1.807) is 6.33 Å². The van der Waals surface area contributed by atoms with Gasteiger partial charge in [-0.25, -0.2) is 4.98 Å². The standard InChI is InChI=1S/C11H10N4O2/c16-10-11(17)15-9(4-12-10)6-1-2-7-8(3-6)14-5-13-7/h1-3,5,9H,4H2,(H,12,16)(H,13,14)(H,15,17). The Kier molecular flexibility index (Phi) is 2.07. The van der Waals surface area contributed by atoms with Crippen molar-refractivity contribution in [2.75, 3.05) is 6.54 Å². The second-order valence-electron chi connectivity index (χ2n) is 3.92. The predicted molar refractivity (Wildman–Crippen MR) is 60.0 cm³/mol. The average Bonchev–Trinajstić information content (AvgIpc) is 2.79. The van der Waals surface area contributed by atoms with Gasteiger partial charge in [0.2, 0.25) is 0 Å². The molecule has 17 heavy (non-hydrogen) atoms. The van der Waals surface area contributed by atoms with Gasteiger partial charge in [0.05, 0.1) is 23.4 Å². The number of hydrogen-bond acceptors (Lipinski definition) is 3. The molecule has 1 aliphatic heterocycles. The van der Waals surface area contributed by atoms with Crippen LogP contribution in [0.4, 0.5) is 0 Å². The van der Waals surface area contributed by atoms with Crippen LogP contribution in [-0.4, -0.2) is 28.3 Å². The van der Waals surface area contributed by atoms with Gasteiger partial charge < -0.3 is 15.6 Å². The number of piperazine rings is 1. The first kappa shape index (κ1) is 9.83. The highest BCUT2D eigenvalue weighted by Crippen LogP contribution is 2.18. The number of imidazole rings is 1. The van der Waals surface area contributed by atoms with Crippen LogP contribution in [0, 0.1) is 0 Å². The highest BCUT2D eigenvalue weighted by molar-refractivity contribution is 6.35. The fourth-order valence-electron chi connectivity index (χ4n) is 1.92. The third-order valence-electron chi connectivity index (χ3n) is 2.82. The number of benzene rings is 1. The summed E-state index contributed by atoms with van der Waals surface area (Å²) in [6.45, 7) is 0.407. The number of hydrogen-bond donors (Lipinski definition) is 3. The molecule has 2 amide bonds. The molecule has 6 nitrogen and oxygen atoms in total. The van der Waals surface area contributed by atoms with Crippen molar-refractivity contribution < 1.29 is 9.59 Å². The fourth-order valence-corrected chi connectivity index (χ4v) is 1.92. The molecule has 86 valence electrons. The van der Waals surface area contributed by atoms with E-state index in [-0.39, 0.29) is 6.04 Å². The topological polar surface area (TPSA) is 86.9 Å². The molecular formula is C11H10N4O2. The highest BCUT2D eigenvalue weighted by Gasteiger charge is 2.25. The Balaban J connectivity index is 1.93. The number of aromatic amines is 1. The summed E-state index contributed by atoms with van der Waals surface area (Å²) < 4.78 is 0. The fraction of sp³-hybridized carbons (Fsp3) is 0.182. The SMILES string of the molecule is O=C1NCC(c2ccc3nc[nH]c3c2)NC1=O. The summed E-state index contributed by atoms with van der Waals surface area (Å²) in [7, 11) is 0. The molecular weight excluding hydrogens is 220 g/mol. The highest BCUT2D eigenvalue weighted by atomic mass is 16.2. The summed E-state index contributed by atoms with van der Waals surface area (Å²) in [6.07, 6.45) is 1.62. The van der Waals surface area contributed by atoms with Gasteiger partial charge in [-0.15, -0.1) is 0 Å². The summed E-state index contributed by atoms with van der Waals surface area (Å²) in [6, 6.07) is 5.51. The quantitative estimate of drug-likeness (QED) is 0.595. The Morgan fingerprint density at radius 3 is 2.94 bits per heavy atom. The van der Waals surface area contributed by atoms with Crippen LogP contribution in [0.3, 0.4) is 0 Å². The molecule has 1 atom stereocenters. The molecule has 1 fully saturated rings. The number of rotatable bonds is 1. The van der Waals surface area contributed by atoms with Crippen molar-refractivity contribution in [2.45, 2.75) is 6.04 Å². The molecule has 3 rings (SSSR count). The van der Waals surface area contributed by atoms with Gasteiger partial charge in [0.1, 0.15) is 0 Å². The zero-order chi connectivity index (χ0) is 11.8. The van der Waals surface area contributed by atoms with Gasteiger partial charge in [0.15, 0.2) is 0 Å². The maximum Gasteiger partial charge on any atom is 0.309 e. The number of carbonyl (C=O) groups is 2. The zero-order valence-corrected chi connectivity index (χ0v) is 8.86. The third-order valence-corrected chi connectivity index (χ3v) is 2.82. The first-order valence-electron chi connectivity index (χ1n) is 5.26. The van der Waals surface area contributed by atoms with E-state index in [1.807, 2.05) is 18.2 Å². The number of amides is 2. The summed E-state index contributed by atoms with van der Waals surface area (Å²) in [5.74, 6) is -1.17. The van der Waals surface area contributed by atoms with E-state index in [4.69, 9.17) is 0 Å². The minimum Gasteiger partial charge on any atom is -0.345 e. The lowest BCUT2D eigenvalue weighted by Crippen LogP contribution is -2.51. The van der Waals surface area contributed by atoms with E-state index >= 15 is 0 Å². The second kappa shape index (κ2) is 3.58. The zero-order valence-electron chi connectivity index (χ0n) is 8.86. The number of aromatic nitrogens is 2. The molecule has 1 saturated heterocycles. The van der Waals surface area contributed by atoms with Crippen LogP contribution >= 0.6 is 0 Å². The molecule has 0 spiro atoms.